The van der Waals surface area contributed by atoms with Crippen molar-refractivity contribution in [3.63, 3.8) is 0 Å². The summed E-state index contributed by atoms with van der Waals surface area (Å²) in [5.41, 5.74) is 5.59. The van der Waals surface area contributed by atoms with Crippen LogP contribution in [0, 0.1) is 24.0 Å². The summed E-state index contributed by atoms with van der Waals surface area (Å²) < 4.78 is 15.4. The largest absolute Gasteiger partial charge is 0.497 e. The minimum atomic E-state index is -0.831. The third kappa shape index (κ3) is 6.98. The number of allylic oxidation sites excluding steroid dienone is 1. The Bertz CT molecular complexity index is 2630. The summed E-state index contributed by atoms with van der Waals surface area (Å²) >= 11 is 2.79. The topological polar surface area (TPSA) is 130 Å². The van der Waals surface area contributed by atoms with Gasteiger partial charge in [0.1, 0.15) is 17.5 Å². The van der Waals surface area contributed by atoms with Gasteiger partial charge in [0.25, 0.3) is 17.2 Å². The van der Waals surface area contributed by atoms with Crippen LogP contribution < -0.4 is 29.7 Å². The normalized spacial score (nSPS) is 14.0. The second-order valence-electron chi connectivity index (χ2n) is 12.5. The van der Waals surface area contributed by atoms with E-state index in [4.69, 9.17) is 14.5 Å². The van der Waals surface area contributed by atoms with Gasteiger partial charge in [-0.05, 0) is 99.1 Å². The Kier molecular flexibility index (Phi) is 10.1. The van der Waals surface area contributed by atoms with Gasteiger partial charge in [-0.15, -0.1) is 0 Å². The number of amides is 1. The summed E-state index contributed by atoms with van der Waals surface area (Å²) in [6.45, 7) is 5.81. The van der Waals surface area contributed by atoms with Gasteiger partial charge >= 0.3 is 0 Å². The number of fused-ring (bicyclic) bond motifs is 1. The molecule has 1 amide bonds. The van der Waals surface area contributed by atoms with Gasteiger partial charge in [0.2, 0.25) is 0 Å². The fourth-order valence-corrected chi connectivity index (χ4v) is 8.43. The van der Waals surface area contributed by atoms with Gasteiger partial charge in [0.15, 0.2) is 4.80 Å². The quantitative estimate of drug-likeness (QED) is 0.114. The number of aromatic nitrogens is 2. The highest BCUT2D eigenvalue weighted by molar-refractivity contribution is 7.99. The molecule has 0 bridgehead atoms. The van der Waals surface area contributed by atoms with Crippen LogP contribution in [-0.2, 0) is 4.79 Å². The molecule has 1 atom stereocenters. The molecule has 0 saturated carbocycles. The molecule has 1 N–H and O–H groups in total. The number of carbonyl (C=O) groups is 1. The molecule has 272 valence electrons. The van der Waals surface area contributed by atoms with Crippen LogP contribution in [0.4, 0.5) is 11.4 Å². The van der Waals surface area contributed by atoms with E-state index in [1.165, 1.54) is 35.2 Å². The van der Waals surface area contributed by atoms with Crippen molar-refractivity contribution in [2.24, 2.45) is 4.99 Å². The van der Waals surface area contributed by atoms with Crippen molar-refractivity contribution in [2.75, 3.05) is 19.5 Å². The number of carbonyl (C=O) groups excluding carboxylic acids is 1. The maximum Gasteiger partial charge on any atom is 0.271 e. The zero-order valence-corrected chi connectivity index (χ0v) is 31.7. The number of nitro groups is 1. The molecular weight excluding hydrogens is 723 g/mol. The first-order valence-corrected chi connectivity index (χ1v) is 18.5. The number of para-hydroxylation sites is 1. The average Bonchev–Trinajstić information content (AvgIpc) is 3.63. The number of hydrogen-bond donors (Lipinski definition) is 1. The molecule has 7 rings (SSSR count). The van der Waals surface area contributed by atoms with Crippen LogP contribution in [-0.4, -0.2) is 34.2 Å². The molecule has 1 aliphatic rings. The maximum atomic E-state index is 14.5. The van der Waals surface area contributed by atoms with Crippen LogP contribution in [0.3, 0.4) is 0 Å². The Morgan fingerprint density at radius 3 is 2.26 bits per heavy atom. The number of aryl methyl sites for hydroxylation is 1. The molecule has 0 fully saturated rings. The minimum Gasteiger partial charge on any atom is -0.497 e. The predicted octanol–water partition coefficient (Wildman–Crippen LogP) is 7.36. The highest BCUT2D eigenvalue weighted by Crippen LogP contribution is 2.38. The van der Waals surface area contributed by atoms with Gasteiger partial charge in [0.05, 0.1) is 34.9 Å². The summed E-state index contributed by atoms with van der Waals surface area (Å²) in [6.07, 6.45) is 1.88. The van der Waals surface area contributed by atoms with Crippen molar-refractivity contribution < 1.29 is 19.2 Å². The molecule has 1 aliphatic heterocycles. The lowest BCUT2D eigenvalue weighted by Crippen LogP contribution is -2.40. The number of anilines is 1. The SMILES string of the molecule is COc1ccc([C@H]2C(C(=O)Nc3ccccc3)=C(C)N=c3s/c(=C\c4cc(C)n(-c5ccc(Sc6ccc([N+](=O)[O-])cc6)cc5)c4C)c(=O)n32)c(OC)c1. The smallest absolute Gasteiger partial charge is 0.271 e. The van der Waals surface area contributed by atoms with E-state index in [9.17, 15) is 19.7 Å². The molecule has 0 unspecified atom stereocenters. The van der Waals surface area contributed by atoms with Gasteiger partial charge in [-0.3, -0.25) is 24.3 Å². The number of methoxy groups -OCH3 is 2. The zero-order chi connectivity index (χ0) is 38.1. The number of thiazole rings is 1. The van der Waals surface area contributed by atoms with Crippen molar-refractivity contribution in [1.29, 1.82) is 0 Å². The first-order valence-electron chi connectivity index (χ1n) is 16.9. The molecule has 0 radical (unpaired) electrons. The highest BCUT2D eigenvalue weighted by Gasteiger charge is 2.34. The van der Waals surface area contributed by atoms with Gasteiger partial charge in [-0.2, -0.15) is 0 Å². The number of benzene rings is 4. The number of hydrogen-bond acceptors (Lipinski definition) is 9. The number of non-ortho nitro benzene ring substituents is 1. The Hall–Kier alpha value is -6.18. The van der Waals surface area contributed by atoms with E-state index in [1.807, 2.05) is 74.5 Å². The Labute approximate surface area is 318 Å². The second kappa shape index (κ2) is 15.0. The van der Waals surface area contributed by atoms with E-state index in [-0.39, 0.29) is 17.2 Å². The minimum absolute atomic E-state index is 0.0562. The molecule has 0 spiro atoms. The predicted molar refractivity (Wildman–Crippen MR) is 211 cm³/mol. The molecule has 2 aromatic heterocycles. The van der Waals surface area contributed by atoms with E-state index >= 15 is 0 Å². The Balaban J connectivity index is 1.26. The van der Waals surface area contributed by atoms with Crippen LogP contribution in [0.2, 0.25) is 0 Å². The van der Waals surface area contributed by atoms with Gasteiger partial charge < -0.3 is 19.4 Å². The van der Waals surface area contributed by atoms with Crippen molar-refractivity contribution in [2.45, 2.75) is 36.6 Å². The monoisotopic (exact) mass is 757 g/mol. The molecular formula is C41H35N5O6S2. The lowest BCUT2D eigenvalue weighted by atomic mass is 9.94. The molecule has 0 aliphatic carbocycles. The first-order chi connectivity index (χ1) is 26.1. The van der Waals surface area contributed by atoms with Crippen LogP contribution in [0.1, 0.15) is 35.5 Å². The highest BCUT2D eigenvalue weighted by atomic mass is 32.2. The van der Waals surface area contributed by atoms with Gasteiger partial charge in [-0.25, -0.2) is 4.99 Å². The third-order valence-corrected chi connectivity index (χ3v) is 11.2. The summed E-state index contributed by atoms with van der Waals surface area (Å²) in [7, 11) is 3.11. The third-order valence-electron chi connectivity index (χ3n) is 9.17. The standard InChI is InChI=1S/C41H35N5O6S2/c1-24-21-27(26(3)44(24)29-11-16-32(17-12-29)53-33-18-13-30(14-19-33)46(49)50)22-36-40(48)45-38(34-20-15-31(51-4)23-35(34)52-5)37(25(2)42-41(45)54-36)39(47)43-28-9-7-6-8-10-28/h6-23,38H,1-5H3,(H,43,47)/b36-22-/t38-/m0/s1. The first kappa shape index (κ1) is 36.2. The number of rotatable bonds is 10. The lowest BCUT2D eigenvalue weighted by Gasteiger charge is -2.26. The number of nitrogens with one attached hydrogen (secondary N) is 1. The van der Waals surface area contributed by atoms with Crippen LogP contribution in [0.15, 0.2) is 134 Å². The zero-order valence-electron chi connectivity index (χ0n) is 30.0. The molecule has 0 saturated heterocycles. The Morgan fingerprint density at radius 1 is 0.926 bits per heavy atom. The number of nitro benzene ring substituents is 1. The van der Waals surface area contributed by atoms with E-state index in [0.29, 0.717) is 43.4 Å². The van der Waals surface area contributed by atoms with Crippen LogP contribution in [0.25, 0.3) is 11.8 Å². The van der Waals surface area contributed by atoms with Gasteiger partial charge in [-0.1, -0.05) is 41.3 Å². The van der Waals surface area contributed by atoms with Crippen LogP contribution >= 0.6 is 23.1 Å². The second-order valence-corrected chi connectivity index (χ2v) is 14.7. The summed E-state index contributed by atoms with van der Waals surface area (Å²) in [4.78, 5) is 46.3. The number of nitrogens with zero attached hydrogens (tertiary/aromatic N) is 4. The Morgan fingerprint density at radius 2 is 1.61 bits per heavy atom. The summed E-state index contributed by atoms with van der Waals surface area (Å²) in [5.74, 6) is 0.668. The van der Waals surface area contributed by atoms with Crippen LogP contribution in [0.5, 0.6) is 11.5 Å². The molecule has 4 aromatic carbocycles. The van der Waals surface area contributed by atoms with Crippen molar-refractivity contribution in [3.05, 3.63) is 167 Å². The van der Waals surface area contributed by atoms with Gasteiger partial charge in [0, 0.05) is 56.3 Å². The lowest BCUT2D eigenvalue weighted by molar-refractivity contribution is -0.384. The maximum absolute atomic E-state index is 14.5. The molecule has 13 heteroatoms. The summed E-state index contributed by atoms with van der Waals surface area (Å²) in [5, 5.41) is 14.0. The van der Waals surface area contributed by atoms with E-state index in [1.54, 1.807) is 62.1 Å². The van der Waals surface area contributed by atoms with E-state index < -0.39 is 11.0 Å². The molecule has 3 heterocycles. The van der Waals surface area contributed by atoms with Crippen molar-refractivity contribution in [1.82, 2.24) is 9.13 Å². The van der Waals surface area contributed by atoms with E-state index in [2.05, 4.69) is 9.88 Å². The van der Waals surface area contributed by atoms with E-state index in [0.717, 1.165) is 32.4 Å². The molecule has 11 nitrogen and oxygen atoms in total. The average molecular weight is 758 g/mol. The molecule has 6 aromatic rings. The fourth-order valence-electron chi connectivity index (χ4n) is 6.58. The summed E-state index contributed by atoms with van der Waals surface area (Å²) in [6, 6.07) is 30.3. The fraction of sp³-hybridized carbons (Fsp3) is 0.146. The number of ether oxygens (including phenoxy) is 2. The van der Waals surface area contributed by atoms with Crippen molar-refractivity contribution in [3.8, 4) is 17.2 Å². The van der Waals surface area contributed by atoms with Crippen molar-refractivity contribution >= 4 is 46.5 Å². The molecule has 54 heavy (non-hydrogen) atoms.